The second-order valence-electron chi connectivity index (χ2n) is 8.52. The summed E-state index contributed by atoms with van der Waals surface area (Å²) < 4.78 is 47.9. The van der Waals surface area contributed by atoms with Gasteiger partial charge in [0.1, 0.15) is 17.8 Å². The van der Waals surface area contributed by atoms with E-state index >= 15 is 0 Å². The lowest BCUT2D eigenvalue weighted by molar-refractivity contribution is -0.137. The lowest BCUT2D eigenvalue weighted by atomic mass is 9.79. The maximum atomic E-state index is 13.6. The minimum atomic E-state index is -4.68. The molecule has 0 radical (unpaired) electrons. The van der Waals surface area contributed by atoms with Gasteiger partial charge in [-0.05, 0) is 29.3 Å². The van der Waals surface area contributed by atoms with Crippen LogP contribution >= 0.6 is 0 Å². The number of nitrogens with zero attached hydrogens (tertiary/aromatic N) is 6. The summed E-state index contributed by atoms with van der Waals surface area (Å²) in [6, 6.07) is 4.70. The van der Waals surface area contributed by atoms with E-state index in [2.05, 4.69) is 25.1 Å². The van der Waals surface area contributed by atoms with Gasteiger partial charge in [0.25, 0.3) is 11.5 Å². The monoisotopic (exact) mass is 527 g/mol. The Balaban J connectivity index is 1.91. The number of nitriles is 1. The maximum absolute atomic E-state index is 13.6. The molecule has 0 fully saturated rings. The molecule has 196 valence electrons. The van der Waals surface area contributed by atoms with Crippen LogP contribution in [0.2, 0.25) is 0 Å². The molecule has 0 unspecified atom stereocenters. The van der Waals surface area contributed by atoms with Crippen molar-refractivity contribution in [2.45, 2.75) is 24.9 Å². The highest BCUT2D eigenvalue weighted by Gasteiger charge is 2.35. The van der Waals surface area contributed by atoms with E-state index in [1.807, 2.05) is 6.07 Å². The molecule has 0 aliphatic heterocycles. The normalized spacial score (nSPS) is 13.1. The smallest absolute Gasteiger partial charge is 0.416 e. The van der Waals surface area contributed by atoms with E-state index in [-0.39, 0.29) is 22.6 Å². The molecule has 4 rings (SSSR count). The number of aromatic hydroxyl groups is 1. The summed E-state index contributed by atoms with van der Waals surface area (Å²) >= 11 is 0. The van der Waals surface area contributed by atoms with Gasteiger partial charge in [0, 0.05) is 32.1 Å². The largest absolute Gasteiger partial charge is 0.501 e. The zero-order chi connectivity index (χ0) is 27.8. The molecule has 3 heterocycles. The average molecular weight is 527 g/mol. The van der Waals surface area contributed by atoms with E-state index in [4.69, 9.17) is 0 Å². The zero-order valence-corrected chi connectivity index (χ0v) is 20.2. The average Bonchev–Trinajstić information content (AvgIpc) is 3.54. The highest BCUT2D eigenvalue weighted by molar-refractivity contribution is 6.04. The van der Waals surface area contributed by atoms with E-state index < -0.39 is 46.5 Å². The van der Waals surface area contributed by atoms with Gasteiger partial charge < -0.3 is 14.9 Å². The Kier molecular flexibility index (Phi) is 6.77. The van der Waals surface area contributed by atoms with Crippen molar-refractivity contribution in [3.8, 4) is 11.8 Å². The van der Waals surface area contributed by atoms with Crippen LogP contribution in [0.25, 0.3) is 0 Å². The molecular formula is C24H20F3N7O4. The van der Waals surface area contributed by atoms with Crippen LogP contribution in [0.15, 0.2) is 52.4 Å². The van der Waals surface area contributed by atoms with Crippen molar-refractivity contribution in [2.24, 2.45) is 14.1 Å². The van der Waals surface area contributed by atoms with E-state index in [9.17, 15) is 33.1 Å². The Labute approximate surface area is 212 Å². The summed E-state index contributed by atoms with van der Waals surface area (Å²) in [4.78, 5) is 29.9. The minimum Gasteiger partial charge on any atom is -0.501 e. The van der Waals surface area contributed by atoms with Crippen molar-refractivity contribution in [3.05, 3.63) is 87.2 Å². The van der Waals surface area contributed by atoms with E-state index in [1.54, 1.807) is 20.2 Å². The predicted octanol–water partition coefficient (Wildman–Crippen LogP) is 3.29. The zero-order valence-electron chi connectivity index (χ0n) is 20.2. The lowest BCUT2D eigenvalue weighted by Gasteiger charge is -2.26. The highest BCUT2D eigenvalue weighted by Crippen LogP contribution is 2.41. The van der Waals surface area contributed by atoms with Crippen LogP contribution in [0.4, 0.5) is 18.9 Å². The number of rotatable bonds is 6. The highest BCUT2D eigenvalue weighted by atomic mass is 19.4. The molecule has 2 atom stereocenters. The van der Waals surface area contributed by atoms with Gasteiger partial charge in [0.05, 0.1) is 29.6 Å². The fourth-order valence-corrected chi connectivity index (χ4v) is 4.21. The summed E-state index contributed by atoms with van der Waals surface area (Å²) in [6.07, 6.45) is 0.633. The van der Waals surface area contributed by atoms with Crippen molar-refractivity contribution in [1.29, 1.82) is 5.26 Å². The van der Waals surface area contributed by atoms with Crippen molar-refractivity contribution < 1.29 is 27.6 Å². The van der Waals surface area contributed by atoms with E-state index in [0.29, 0.717) is 5.56 Å². The fraction of sp³-hybridized carbons (Fsp3) is 0.250. The first-order valence-corrected chi connectivity index (χ1v) is 11.0. The lowest BCUT2D eigenvalue weighted by Crippen LogP contribution is -2.29. The third-order valence-corrected chi connectivity index (χ3v) is 6.03. The molecule has 14 heteroatoms. The first kappa shape index (κ1) is 26.1. The molecule has 1 aromatic carbocycles. The molecular weight excluding hydrogens is 507 g/mol. The van der Waals surface area contributed by atoms with Gasteiger partial charge in [-0.15, -0.1) is 0 Å². The number of alkyl halides is 3. The molecule has 0 spiro atoms. The number of aromatic nitrogens is 5. The number of nitrogens with one attached hydrogen (secondary N) is 1. The molecule has 0 bridgehead atoms. The standard InChI is InChI=1S/C24H20F3N7O4/c1-12(21-32-19(20(35)23(37)34(21)3)22(36)31-16-9-30-38-11-16)18(14-8-29-33(2)10-14)17-6-15(24(25,26)27)5-4-13(17)7-28/h4-6,8-12,18,35H,1-3H3,(H,31,36)/t12-,18+/m1/s1. The molecule has 0 saturated carbocycles. The molecule has 2 N–H and O–H groups in total. The number of benzene rings is 1. The number of halogens is 3. The van der Waals surface area contributed by atoms with Gasteiger partial charge in [-0.3, -0.25) is 18.8 Å². The summed E-state index contributed by atoms with van der Waals surface area (Å²) in [7, 11) is 2.92. The van der Waals surface area contributed by atoms with Crippen molar-refractivity contribution in [2.75, 3.05) is 5.32 Å². The molecule has 0 saturated heterocycles. The van der Waals surface area contributed by atoms with Crippen LogP contribution in [0.1, 0.15) is 57.3 Å². The van der Waals surface area contributed by atoms with E-state index in [0.717, 1.165) is 29.0 Å². The third-order valence-electron chi connectivity index (χ3n) is 6.03. The van der Waals surface area contributed by atoms with Crippen LogP contribution in [0.3, 0.4) is 0 Å². The van der Waals surface area contributed by atoms with Crippen LogP contribution in [0.5, 0.6) is 5.75 Å². The first-order chi connectivity index (χ1) is 17.9. The van der Waals surface area contributed by atoms with Gasteiger partial charge in [0.2, 0.25) is 5.75 Å². The van der Waals surface area contributed by atoms with E-state index in [1.165, 1.54) is 24.1 Å². The Morgan fingerprint density at radius 3 is 2.58 bits per heavy atom. The predicted molar refractivity (Wildman–Crippen MR) is 125 cm³/mol. The Morgan fingerprint density at radius 2 is 2.00 bits per heavy atom. The number of hydrogen-bond acceptors (Lipinski definition) is 8. The van der Waals surface area contributed by atoms with Crippen LogP contribution < -0.4 is 10.9 Å². The number of hydrogen-bond donors (Lipinski definition) is 2. The maximum Gasteiger partial charge on any atom is 0.416 e. The third kappa shape index (κ3) is 4.85. The topological polar surface area (TPSA) is 152 Å². The van der Waals surface area contributed by atoms with Crippen LogP contribution in [-0.2, 0) is 20.3 Å². The van der Waals surface area contributed by atoms with Crippen molar-refractivity contribution in [3.63, 3.8) is 0 Å². The van der Waals surface area contributed by atoms with Crippen molar-refractivity contribution >= 4 is 11.6 Å². The number of amides is 1. The Hall–Kier alpha value is -4.93. The van der Waals surface area contributed by atoms with Crippen molar-refractivity contribution in [1.82, 2.24) is 24.5 Å². The molecule has 3 aromatic heterocycles. The van der Waals surface area contributed by atoms with Crippen LogP contribution in [-0.4, -0.2) is 35.5 Å². The number of carbonyl (C=O) groups is 1. The second-order valence-corrected chi connectivity index (χ2v) is 8.52. The summed E-state index contributed by atoms with van der Waals surface area (Å²) in [5.74, 6) is -3.72. The van der Waals surface area contributed by atoms with Crippen LogP contribution in [0, 0.1) is 11.3 Å². The van der Waals surface area contributed by atoms with Gasteiger partial charge >= 0.3 is 6.18 Å². The molecule has 4 aromatic rings. The number of aryl methyl sites for hydroxylation is 1. The molecule has 0 aliphatic carbocycles. The Morgan fingerprint density at radius 1 is 1.26 bits per heavy atom. The second kappa shape index (κ2) is 9.85. The molecule has 0 aliphatic rings. The summed E-state index contributed by atoms with van der Waals surface area (Å²) in [5.41, 5.74) is -1.93. The fourth-order valence-electron chi connectivity index (χ4n) is 4.21. The van der Waals surface area contributed by atoms with Gasteiger partial charge in [0.15, 0.2) is 5.69 Å². The van der Waals surface area contributed by atoms with Gasteiger partial charge in [-0.25, -0.2) is 4.98 Å². The number of carbonyl (C=O) groups excluding carboxylic acids is 1. The van der Waals surface area contributed by atoms with Gasteiger partial charge in [-0.1, -0.05) is 12.1 Å². The molecule has 11 nitrogen and oxygen atoms in total. The summed E-state index contributed by atoms with van der Waals surface area (Å²) in [6.45, 7) is 1.58. The molecule has 38 heavy (non-hydrogen) atoms. The Bertz CT molecular complexity index is 1600. The van der Waals surface area contributed by atoms with Gasteiger partial charge in [-0.2, -0.15) is 23.5 Å². The number of anilines is 1. The SMILES string of the molecule is C[C@@H](c1nc(C(=O)Nc2cnoc2)c(O)c(=O)n1C)[C@@H](c1cnn(C)c1)c1cc(C(F)(F)F)ccc1C#N. The quantitative estimate of drug-likeness (QED) is 0.388. The summed E-state index contributed by atoms with van der Waals surface area (Å²) in [5, 5.41) is 30.1. The minimum absolute atomic E-state index is 0.0205. The molecule has 1 amide bonds. The first-order valence-electron chi connectivity index (χ1n) is 11.0.